The van der Waals surface area contributed by atoms with Crippen molar-refractivity contribution in [3.05, 3.63) is 30.1 Å². The van der Waals surface area contributed by atoms with E-state index in [0.717, 1.165) is 25.0 Å². The van der Waals surface area contributed by atoms with Crippen molar-refractivity contribution in [2.24, 2.45) is 0 Å². The predicted molar refractivity (Wildman–Crippen MR) is 73.1 cm³/mol. The normalized spacial score (nSPS) is 18.6. The van der Waals surface area contributed by atoms with E-state index in [2.05, 4.69) is 10.3 Å². The molecule has 2 amide bonds. The Morgan fingerprint density at radius 1 is 1.40 bits per heavy atom. The molecule has 20 heavy (non-hydrogen) atoms. The van der Waals surface area contributed by atoms with Crippen LogP contribution in [-0.2, 0) is 11.3 Å². The van der Waals surface area contributed by atoms with Gasteiger partial charge in [0.05, 0.1) is 18.7 Å². The third-order valence-electron chi connectivity index (χ3n) is 3.45. The highest BCUT2D eigenvalue weighted by molar-refractivity contribution is 5.76. The van der Waals surface area contributed by atoms with Crippen molar-refractivity contribution in [1.29, 1.82) is 0 Å². The van der Waals surface area contributed by atoms with Crippen LogP contribution in [-0.4, -0.2) is 39.6 Å². The Labute approximate surface area is 117 Å². The summed E-state index contributed by atoms with van der Waals surface area (Å²) < 4.78 is 0. The molecule has 1 aliphatic heterocycles. The van der Waals surface area contributed by atoms with E-state index in [1.807, 2.05) is 18.2 Å². The summed E-state index contributed by atoms with van der Waals surface area (Å²) in [5.74, 6) is -0.862. The van der Waals surface area contributed by atoms with Crippen molar-refractivity contribution in [2.75, 3.05) is 6.54 Å². The van der Waals surface area contributed by atoms with E-state index < -0.39 is 5.97 Å². The van der Waals surface area contributed by atoms with Gasteiger partial charge >= 0.3 is 12.0 Å². The van der Waals surface area contributed by atoms with E-state index in [9.17, 15) is 9.59 Å². The van der Waals surface area contributed by atoms with E-state index in [4.69, 9.17) is 5.11 Å². The van der Waals surface area contributed by atoms with Crippen LogP contribution < -0.4 is 5.32 Å². The fourth-order valence-corrected chi connectivity index (χ4v) is 2.45. The third kappa shape index (κ3) is 3.94. The number of aliphatic carboxylic acids is 1. The van der Waals surface area contributed by atoms with Gasteiger partial charge in [-0.15, -0.1) is 0 Å². The van der Waals surface area contributed by atoms with Crippen LogP contribution in [0, 0.1) is 0 Å². The topological polar surface area (TPSA) is 82.5 Å². The van der Waals surface area contributed by atoms with Gasteiger partial charge in [-0.2, -0.15) is 0 Å². The predicted octanol–water partition coefficient (Wildman–Crippen LogP) is 1.62. The molecule has 108 valence electrons. The van der Waals surface area contributed by atoms with Crippen molar-refractivity contribution >= 4 is 12.0 Å². The van der Waals surface area contributed by atoms with Crippen LogP contribution in [0.5, 0.6) is 0 Å². The molecule has 2 rings (SSSR count). The van der Waals surface area contributed by atoms with Crippen LogP contribution in [0.3, 0.4) is 0 Å². The first kappa shape index (κ1) is 14.3. The quantitative estimate of drug-likeness (QED) is 0.876. The summed E-state index contributed by atoms with van der Waals surface area (Å²) in [6, 6.07) is 5.11. The van der Waals surface area contributed by atoms with Crippen LogP contribution in [0.4, 0.5) is 4.79 Å². The molecule has 1 aromatic rings. The molecular weight excluding hydrogens is 258 g/mol. The zero-order valence-electron chi connectivity index (χ0n) is 11.3. The summed E-state index contributed by atoms with van der Waals surface area (Å²) in [7, 11) is 0. The lowest BCUT2D eigenvalue weighted by Gasteiger charge is -2.34. The van der Waals surface area contributed by atoms with Crippen LogP contribution in [0.25, 0.3) is 0 Å². The Morgan fingerprint density at radius 3 is 2.95 bits per heavy atom. The molecule has 1 atom stereocenters. The molecule has 0 bridgehead atoms. The number of nitrogens with zero attached hydrogens (tertiary/aromatic N) is 2. The molecule has 0 spiro atoms. The molecule has 6 heteroatoms. The summed E-state index contributed by atoms with van der Waals surface area (Å²) in [5.41, 5.74) is 0.785. The highest BCUT2D eigenvalue weighted by Gasteiger charge is 2.28. The fourth-order valence-electron chi connectivity index (χ4n) is 2.45. The summed E-state index contributed by atoms with van der Waals surface area (Å²) in [6.07, 6.45) is 4.34. The van der Waals surface area contributed by atoms with E-state index in [0.29, 0.717) is 13.1 Å². The zero-order chi connectivity index (χ0) is 14.4. The lowest BCUT2D eigenvalue weighted by atomic mass is 10.00. The number of hydrogen-bond acceptors (Lipinski definition) is 3. The van der Waals surface area contributed by atoms with Crippen molar-refractivity contribution < 1.29 is 14.7 Å². The summed E-state index contributed by atoms with van der Waals surface area (Å²) >= 11 is 0. The molecule has 1 unspecified atom stereocenters. The van der Waals surface area contributed by atoms with Gasteiger partial charge in [-0.05, 0) is 31.4 Å². The van der Waals surface area contributed by atoms with Crippen LogP contribution in [0.2, 0.25) is 0 Å². The first-order valence-corrected chi connectivity index (χ1v) is 6.83. The van der Waals surface area contributed by atoms with E-state index in [1.54, 1.807) is 11.1 Å². The molecule has 1 aromatic heterocycles. The Morgan fingerprint density at radius 2 is 2.25 bits per heavy atom. The molecule has 2 heterocycles. The number of piperidine rings is 1. The number of nitrogens with one attached hydrogen (secondary N) is 1. The fraction of sp³-hybridized carbons (Fsp3) is 0.500. The van der Waals surface area contributed by atoms with Gasteiger partial charge in [-0.3, -0.25) is 9.78 Å². The second-order valence-corrected chi connectivity index (χ2v) is 4.92. The average Bonchev–Trinajstić information content (AvgIpc) is 2.46. The second-order valence-electron chi connectivity index (χ2n) is 4.92. The molecule has 0 aliphatic carbocycles. The monoisotopic (exact) mass is 277 g/mol. The van der Waals surface area contributed by atoms with Gasteiger partial charge in [0.1, 0.15) is 0 Å². The largest absolute Gasteiger partial charge is 0.481 e. The second kappa shape index (κ2) is 6.88. The number of aromatic nitrogens is 1. The maximum absolute atomic E-state index is 12.2. The first-order valence-electron chi connectivity index (χ1n) is 6.83. The van der Waals surface area contributed by atoms with Crippen LogP contribution in [0.15, 0.2) is 24.4 Å². The molecule has 2 N–H and O–H groups in total. The van der Waals surface area contributed by atoms with Crippen molar-refractivity contribution in [3.63, 3.8) is 0 Å². The summed E-state index contributed by atoms with van der Waals surface area (Å²) in [4.78, 5) is 28.8. The SMILES string of the molecule is O=C(O)CC1CCCCN1C(=O)NCc1ccccn1. The number of hydrogen-bond donors (Lipinski definition) is 2. The lowest BCUT2D eigenvalue weighted by molar-refractivity contribution is -0.138. The average molecular weight is 277 g/mol. The lowest BCUT2D eigenvalue weighted by Crippen LogP contribution is -2.49. The van der Waals surface area contributed by atoms with Gasteiger partial charge in [0.25, 0.3) is 0 Å². The van der Waals surface area contributed by atoms with Gasteiger partial charge in [0, 0.05) is 18.8 Å². The number of urea groups is 1. The molecule has 1 aliphatic rings. The minimum Gasteiger partial charge on any atom is -0.481 e. The smallest absolute Gasteiger partial charge is 0.317 e. The Balaban J connectivity index is 1.90. The zero-order valence-corrected chi connectivity index (χ0v) is 11.3. The summed E-state index contributed by atoms with van der Waals surface area (Å²) in [6.45, 7) is 0.974. The highest BCUT2D eigenvalue weighted by Crippen LogP contribution is 2.19. The molecule has 0 aromatic carbocycles. The Bertz CT molecular complexity index is 464. The molecule has 1 fully saturated rings. The number of pyridine rings is 1. The molecule has 0 radical (unpaired) electrons. The molecule has 6 nitrogen and oxygen atoms in total. The molecule has 0 saturated carbocycles. The van der Waals surface area contributed by atoms with E-state index >= 15 is 0 Å². The van der Waals surface area contributed by atoms with Crippen LogP contribution in [0.1, 0.15) is 31.4 Å². The number of carbonyl (C=O) groups excluding carboxylic acids is 1. The number of rotatable bonds is 4. The van der Waals surface area contributed by atoms with Crippen LogP contribution >= 0.6 is 0 Å². The Hall–Kier alpha value is -2.11. The minimum absolute atomic E-state index is 0.0109. The van der Waals surface area contributed by atoms with Gasteiger partial charge in [-0.25, -0.2) is 4.79 Å². The van der Waals surface area contributed by atoms with Crippen molar-refractivity contribution in [1.82, 2.24) is 15.2 Å². The van der Waals surface area contributed by atoms with Gasteiger partial charge in [-0.1, -0.05) is 6.07 Å². The third-order valence-corrected chi connectivity index (χ3v) is 3.45. The van der Waals surface area contributed by atoms with E-state index in [-0.39, 0.29) is 18.5 Å². The number of carboxylic acid groups (broad SMARTS) is 1. The molecular formula is C14H19N3O3. The van der Waals surface area contributed by atoms with Gasteiger partial charge < -0.3 is 15.3 Å². The first-order chi connectivity index (χ1) is 9.66. The minimum atomic E-state index is -0.862. The van der Waals surface area contributed by atoms with Crippen molar-refractivity contribution in [2.45, 2.75) is 38.3 Å². The number of amides is 2. The number of likely N-dealkylation sites (tertiary alicyclic amines) is 1. The van der Waals surface area contributed by atoms with Gasteiger partial charge in [0.2, 0.25) is 0 Å². The molecule has 1 saturated heterocycles. The number of carbonyl (C=O) groups is 2. The maximum Gasteiger partial charge on any atom is 0.317 e. The van der Waals surface area contributed by atoms with Crippen molar-refractivity contribution in [3.8, 4) is 0 Å². The Kier molecular flexibility index (Phi) is 4.92. The maximum atomic E-state index is 12.2. The number of carboxylic acids is 1. The summed E-state index contributed by atoms with van der Waals surface area (Å²) in [5, 5.41) is 11.7. The standard InChI is InChI=1S/C14H19N3O3/c18-13(19)9-12-6-2-4-8-17(12)14(20)16-10-11-5-1-3-7-15-11/h1,3,5,7,12H,2,4,6,8-10H2,(H,16,20)(H,18,19). The highest BCUT2D eigenvalue weighted by atomic mass is 16.4. The van der Waals surface area contributed by atoms with Gasteiger partial charge in [0.15, 0.2) is 0 Å². The van der Waals surface area contributed by atoms with E-state index in [1.165, 1.54) is 0 Å².